The Bertz CT molecular complexity index is 648. The van der Waals surface area contributed by atoms with E-state index in [1.807, 2.05) is 24.3 Å². The minimum absolute atomic E-state index is 0.00496. The number of rotatable bonds is 4. The molecule has 0 bridgehead atoms. The number of benzene rings is 1. The van der Waals surface area contributed by atoms with Crippen molar-refractivity contribution in [3.8, 4) is 0 Å². The van der Waals surface area contributed by atoms with Crippen molar-refractivity contribution in [2.75, 3.05) is 13.2 Å². The molecule has 1 aromatic heterocycles. The molecule has 0 saturated carbocycles. The highest BCUT2D eigenvalue weighted by Crippen LogP contribution is 2.33. The molecular formula is C15H18N2O2. The molecule has 0 amide bonds. The molecule has 0 fully saturated rings. The fourth-order valence-corrected chi connectivity index (χ4v) is 2.94. The van der Waals surface area contributed by atoms with Crippen LogP contribution >= 0.6 is 0 Å². The average molecular weight is 258 g/mol. The van der Waals surface area contributed by atoms with E-state index in [0.29, 0.717) is 0 Å². The van der Waals surface area contributed by atoms with E-state index in [-0.39, 0.29) is 18.2 Å². The Morgan fingerprint density at radius 1 is 1.32 bits per heavy atom. The number of hydrogen-bond donors (Lipinski definition) is 3. The lowest BCUT2D eigenvalue weighted by Crippen LogP contribution is -2.22. The van der Waals surface area contributed by atoms with Crippen LogP contribution in [-0.4, -0.2) is 23.2 Å². The number of H-pyrrole nitrogens is 1. The Morgan fingerprint density at radius 2 is 2.11 bits per heavy atom. The second-order valence-corrected chi connectivity index (χ2v) is 5.01. The van der Waals surface area contributed by atoms with Gasteiger partial charge in [-0.3, -0.25) is 4.79 Å². The number of hydrogen-bond acceptors (Lipinski definition) is 3. The van der Waals surface area contributed by atoms with Gasteiger partial charge in [0.1, 0.15) is 0 Å². The van der Waals surface area contributed by atoms with E-state index in [1.165, 1.54) is 5.56 Å². The van der Waals surface area contributed by atoms with Crippen LogP contribution in [0.25, 0.3) is 10.8 Å². The van der Waals surface area contributed by atoms with Crippen LogP contribution in [-0.2, 0) is 6.42 Å². The summed E-state index contributed by atoms with van der Waals surface area (Å²) in [6.07, 6.45) is 2.67. The molecule has 100 valence electrons. The minimum Gasteiger partial charge on any atom is -0.396 e. The highest BCUT2D eigenvalue weighted by Gasteiger charge is 2.25. The van der Waals surface area contributed by atoms with Gasteiger partial charge < -0.3 is 15.4 Å². The lowest BCUT2D eigenvalue weighted by Gasteiger charge is -2.15. The molecule has 1 atom stereocenters. The van der Waals surface area contributed by atoms with Crippen molar-refractivity contribution in [1.82, 2.24) is 10.3 Å². The van der Waals surface area contributed by atoms with Gasteiger partial charge in [-0.25, -0.2) is 0 Å². The summed E-state index contributed by atoms with van der Waals surface area (Å²) in [5.74, 6) is 0. The summed E-state index contributed by atoms with van der Waals surface area (Å²) in [6.45, 7) is 1.01. The smallest absolute Gasteiger partial charge is 0.256 e. The van der Waals surface area contributed by atoms with Crippen molar-refractivity contribution in [2.24, 2.45) is 0 Å². The highest BCUT2D eigenvalue weighted by atomic mass is 16.3. The Balaban J connectivity index is 2.04. The number of aromatic amines is 1. The number of aryl methyl sites for hydroxylation is 1. The molecule has 1 aliphatic carbocycles. The third-order valence-electron chi connectivity index (χ3n) is 3.81. The van der Waals surface area contributed by atoms with E-state index < -0.39 is 0 Å². The van der Waals surface area contributed by atoms with Crippen LogP contribution in [0.1, 0.15) is 30.1 Å². The van der Waals surface area contributed by atoms with Gasteiger partial charge in [0.2, 0.25) is 0 Å². The summed E-state index contributed by atoms with van der Waals surface area (Å²) < 4.78 is 0. The molecule has 3 N–H and O–H groups in total. The van der Waals surface area contributed by atoms with Gasteiger partial charge >= 0.3 is 0 Å². The fraction of sp³-hybridized carbons (Fsp3) is 0.400. The largest absolute Gasteiger partial charge is 0.396 e. The summed E-state index contributed by atoms with van der Waals surface area (Å²) in [5.41, 5.74) is 2.30. The van der Waals surface area contributed by atoms with Crippen LogP contribution in [0.4, 0.5) is 0 Å². The fourth-order valence-electron chi connectivity index (χ4n) is 2.94. The normalized spacial score (nSPS) is 17.8. The van der Waals surface area contributed by atoms with Gasteiger partial charge in [-0.15, -0.1) is 0 Å². The van der Waals surface area contributed by atoms with Crippen LogP contribution in [0.15, 0.2) is 29.1 Å². The first kappa shape index (κ1) is 12.4. The monoisotopic (exact) mass is 258 g/mol. The number of aliphatic hydroxyl groups excluding tert-OH is 1. The Kier molecular flexibility index (Phi) is 3.36. The lowest BCUT2D eigenvalue weighted by molar-refractivity contribution is 0.283. The summed E-state index contributed by atoms with van der Waals surface area (Å²) in [4.78, 5) is 15.0. The van der Waals surface area contributed by atoms with Gasteiger partial charge in [0, 0.05) is 23.7 Å². The van der Waals surface area contributed by atoms with Gasteiger partial charge in [-0.05, 0) is 42.8 Å². The molecule has 4 nitrogen and oxygen atoms in total. The van der Waals surface area contributed by atoms with Gasteiger partial charge in [-0.2, -0.15) is 0 Å². The van der Waals surface area contributed by atoms with E-state index in [1.54, 1.807) is 0 Å². The average Bonchev–Trinajstić information content (AvgIpc) is 2.83. The van der Waals surface area contributed by atoms with Crippen LogP contribution < -0.4 is 10.9 Å². The molecule has 1 heterocycles. The van der Waals surface area contributed by atoms with Crippen molar-refractivity contribution in [3.63, 3.8) is 0 Å². The molecule has 3 rings (SSSR count). The van der Waals surface area contributed by atoms with Crippen LogP contribution in [0.2, 0.25) is 0 Å². The maximum Gasteiger partial charge on any atom is 0.256 e. The summed E-state index contributed by atoms with van der Waals surface area (Å²) in [6, 6.07) is 8.05. The van der Waals surface area contributed by atoms with Crippen molar-refractivity contribution in [3.05, 3.63) is 45.9 Å². The Labute approximate surface area is 111 Å². The molecule has 19 heavy (non-hydrogen) atoms. The van der Waals surface area contributed by atoms with E-state index >= 15 is 0 Å². The maximum absolute atomic E-state index is 12.0. The first-order valence-electron chi connectivity index (χ1n) is 6.79. The van der Waals surface area contributed by atoms with Crippen LogP contribution in [0, 0.1) is 0 Å². The van der Waals surface area contributed by atoms with E-state index in [9.17, 15) is 4.79 Å². The van der Waals surface area contributed by atoms with E-state index in [2.05, 4.69) is 10.3 Å². The Morgan fingerprint density at radius 3 is 2.89 bits per heavy atom. The molecule has 0 saturated heterocycles. The van der Waals surface area contributed by atoms with Crippen molar-refractivity contribution >= 4 is 10.8 Å². The first-order valence-corrected chi connectivity index (χ1v) is 6.79. The van der Waals surface area contributed by atoms with Gasteiger partial charge in [0.15, 0.2) is 0 Å². The molecule has 1 aliphatic rings. The minimum atomic E-state index is 0.00496. The second-order valence-electron chi connectivity index (χ2n) is 5.01. The highest BCUT2D eigenvalue weighted by molar-refractivity contribution is 5.86. The molecule has 0 radical (unpaired) electrons. The molecule has 1 aromatic carbocycles. The van der Waals surface area contributed by atoms with Gasteiger partial charge in [0.25, 0.3) is 5.56 Å². The number of nitrogens with one attached hydrogen (secondary N) is 2. The summed E-state index contributed by atoms with van der Waals surface area (Å²) >= 11 is 0. The number of aromatic nitrogens is 1. The molecule has 0 aliphatic heterocycles. The van der Waals surface area contributed by atoms with Gasteiger partial charge in [0.05, 0.1) is 0 Å². The Hall–Kier alpha value is -1.65. The van der Waals surface area contributed by atoms with E-state index in [0.717, 1.165) is 42.3 Å². The number of pyridine rings is 1. The summed E-state index contributed by atoms with van der Waals surface area (Å²) in [5, 5.41) is 14.1. The lowest BCUT2D eigenvalue weighted by atomic mass is 10.0. The standard InChI is InChI=1S/C15H18N2O2/c18-9-3-8-16-12-6-7-13-14(12)10-4-1-2-5-11(10)15(19)17-13/h1-2,4-5,12,16,18H,3,6-9H2,(H,17,19). The zero-order valence-electron chi connectivity index (χ0n) is 10.8. The number of aliphatic hydroxyl groups is 1. The van der Waals surface area contributed by atoms with Crippen LogP contribution in [0.3, 0.4) is 0 Å². The first-order chi connectivity index (χ1) is 9.31. The molecule has 0 spiro atoms. The maximum atomic E-state index is 12.0. The third-order valence-corrected chi connectivity index (χ3v) is 3.81. The predicted octanol–water partition coefficient (Wildman–Crippen LogP) is 1.49. The third kappa shape index (κ3) is 2.17. The molecule has 1 unspecified atom stereocenters. The zero-order chi connectivity index (χ0) is 13.2. The van der Waals surface area contributed by atoms with Crippen molar-refractivity contribution in [1.29, 1.82) is 0 Å². The quantitative estimate of drug-likeness (QED) is 0.728. The van der Waals surface area contributed by atoms with Gasteiger partial charge in [-0.1, -0.05) is 18.2 Å². The van der Waals surface area contributed by atoms with Crippen molar-refractivity contribution < 1.29 is 5.11 Å². The predicted molar refractivity (Wildman–Crippen MR) is 75.3 cm³/mol. The van der Waals surface area contributed by atoms with Crippen molar-refractivity contribution in [2.45, 2.75) is 25.3 Å². The zero-order valence-corrected chi connectivity index (χ0v) is 10.8. The summed E-state index contributed by atoms with van der Waals surface area (Å²) in [7, 11) is 0. The molecule has 4 heteroatoms. The SMILES string of the molecule is O=c1[nH]c2c(c3ccccc13)C(NCCCO)CC2. The topological polar surface area (TPSA) is 65.1 Å². The van der Waals surface area contributed by atoms with Crippen LogP contribution in [0.5, 0.6) is 0 Å². The number of fused-ring (bicyclic) bond motifs is 3. The molecule has 2 aromatic rings. The van der Waals surface area contributed by atoms with E-state index in [4.69, 9.17) is 5.11 Å². The second kappa shape index (κ2) is 5.15. The molecular weight excluding hydrogens is 240 g/mol.